The van der Waals surface area contributed by atoms with Crippen molar-refractivity contribution in [3.8, 4) is 11.5 Å². The van der Waals surface area contributed by atoms with Gasteiger partial charge in [-0.3, -0.25) is 4.79 Å². The fourth-order valence-electron chi connectivity index (χ4n) is 5.56. The van der Waals surface area contributed by atoms with Crippen molar-refractivity contribution in [2.45, 2.75) is 85.5 Å². The van der Waals surface area contributed by atoms with Crippen LogP contribution in [-0.2, 0) is 26.2 Å². The Morgan fingerprint density at radius 1 is 0.553 bits per heavy atom. The van der Waals surface area contributed by atoms with Crippen molar-refractivity contribution >= 4 is 5.91 Å². The molecule has 5 nitrogen and oxygen atoms in total. The second-order valence-electron chi connectivity index (χ2n) is 12.4. The summed E-state index contributed by atoms with van der Waals surface area (Å²) < 4.78 is 12.6. The summed E-state index contributed by atoms with van der Waals surface area (Å²) in [5.41, 5.74) is 5.22. The molecule has 0 saturated heterocycles. The highest BCUT2D eigenvalue weighted by atomic mass is 16.5. The largest absolute Gasteiger partial charge is 0.485 e. The normalized spacial score (nSPS) is 11.1. The molecule has 5 heteroatoms. The van der Waals surface area contributed by atoms with E-state index in [1.807, 2.05) is 65.6 Å². The Kier molecular flexibility index (Phi) is 15.4. The molecule has 47 heavy (non-hydrogen) atoms. The minimum absolute atomic E-state index is 0.0640. The lowest BCUT2D eigenvalue weighted by Gasteiger charge is -2.28. The van der Waals surface area contributed by atoms with Crippen LogP contribution in [0.4, 0.5) is 0 Å². The van der Waals surface area contributed by atoms with E-state index in [1.54, 1.807) is 0 Å². The minimum atomic E-state index is 0.0640. The van der Waals surface area contributed by atoms with Crippen molar-refractivity contribution < 1.29 is 14.3 Å². The predicted octanol–water partition coefficient (Wildman–Crippen LogP) is 9.73. The highest BCUT2D eigenvalue weighted by molar-refractivity contribution is 5.94. The molecule has 0 unspecified atom stereocenters. The third kappa shape index (κ3) is 12.2. The van der Waals surface area contributed by atoms with Gasteiger partial charge in [0.25, 0.3) is 5.91 Å². The smallest absolute Gasteiger partial charge is 0.254 e. The van der Waals surface area contributed by atoms with Gasteiger partial charge in [-0.2, -0.15) is 0 Å². The van der Waals surface area contributed by atoms with Crippen LogP contribution in [0.1, 0.15) is 91.9 Å². The zero-order valence-electron chi connectivity index (χ0n) is 28.8. The highest BCUT2D eigenvalue weighted by Crippen LogP contribution is 2.31. The van der Waals surface area contributed by atoms with Crippen LogP contribution in [0.15, 0.2) is 103 Å². The third-order valence-electron chi connectivity index (χ3n) is 8.50. The van der Waals surface area contributed by atoms with Gasteiger partial charge in [-0.25, -0.2) is 0 Å². The van der Waals surface area contributed by atoms with Gasteiger partial charge in [0.05, 0.1) is 0 Å². The van der Waals surface area contributed by atoms with E-state index in [2.05, 4.69) is 68.1 Å². The van der Waals surface area contributed by atoms with Crippen molar-refractivity contribution in [3.05, 3.63) is 131 Å². The molecule has 0 aliphatic carbocycles. The molecule has 0 saturated carbocycles. The molecule has 0 heterocycles. The maximum absolute atomic E-state index is 14.1. The number of rotatable bonds is 21. The first-order valence-corrected chi connectivity index (χ1v) is 17.7. The summed E-state index contributed by atoms with van der Waals surface area (Å²) in [4.78, 5) is 18.6. The number of carbonyl (C=O) groups excluding carboxylic acids is 1. The van der Waals surface area contributed by atoms with E-state index < -0.39 is 0 Å². The molecule has 0 aliphatic heterocycles. The van der Waals surface area contributed by atoms with Crippen molar-refractivity contribution in [2.75, 3.05) is 26.2 Å². The van der Waals surface area contributed by atoms with Crippen LogP contribution in [0.3, 0.4) is 0 Å². The molecule has 250 valence electrons. The van der Waals surface area contributed by atoms with E-state index in [0.29, 0.717) is 37.8 Å². The van der Waals surface area contributed by atoms with Gasteiger partial charge in [-0.1, -0.05) is 119 Å². The molecule has 0 bridgehead atoms. The zero-order chi connectivity index (χ0) is 33.1. The fraction of sp³-hybridized carbons (Fsp3) is 0.405. The van der Waals surface area contributed by atoms with Crippen LogP contribution < -0.4 is 9.47 Å². The lowest BCUT2D eigenvalue weighted by atomic mass is 10.1. The van der Waals surface area contributed by atoms with Crippen LogP contribution in [0, 0.1) is 0 Å². The average molecular weight is 635 g/mol. The van der Waals surface area contributed by atoms with Gasteiger partial charge < -0.3 is 19.3 Å². The second kappa shape index (κ2) is 20.2. The summed E-state index contributed by atoms with van der Waals surface area (Å²) in [5.74, 6) is 1.44. The molecular formula is C42H54N2O3. The van der Waals surface area contributed by atoms with Crippen LogP contribution in [0.2, 0.25) is 0 Å². The first-order valence-electron chi connectivity index (χ1n) is 17.7. The summed E-state index contributed by atoms with van der Waals surface area (Å²) in [7, 11) is 0. The third-order valence-corrected chi connectivity index (χ3v) is 8.50. The summed E-state index contributed by atoms with van der Waals surface area (Å²) >= 11 is 0. The molecule has 0 spiro atoms. The van der Waals surface area contributed by atoms with Gasteiger partial charge in [0.2, 0.25) is 0 Å². The number of aryl methyl sites for hydroxylation is 1. The van der Waals surface area contributed by atoms with Crippen LogP contribution in [-0.4, -0.2) is 41.9 Å². The summed E-state index contributed by atoms with van der Waals surface area (Å²) in [6.45, 7) is 11.7. The molecule has 0 N–H and O–H groups in total. The van der Waals surface area contributed by atoms with Crippen molar-refractivity contribution in [1.29, 1.82) is 0 Å². The Bertz CT molecular complexity index is 1430. The van der Waals surface area contributed by atoms with Gasteiger partial charge in [-0.15, -0.1) is 0 Å². The van der Waals surface area contributed by atoms with Gasteiger partial charge >= 0.3 is 0 Å². The Balaban J connectivity index is 1.57. The summed E-state index contributed by atoms with van der Waals surface area (Å²) in [5, 5.41) is 0. The van der Waals surface area contributed by atoms with E-state index >= 15 is 0 Å². The first-order chi connectivity index (χ1) is 23.1. The molecular weight excluding hydrogens is 580 g/mol. The maximum atomic E-state index is 14.1. The SMILES string of the molecule is CCCCc1ccc(C(=O)N(CCN(CCCC)CCCC)Cc2ccc(OCc3ccccc3)c(OCc3ccccc3)c2)cc1. The van der Waals surface area contributed by atoms with Crippen LogP contribution >= 0.6 is 0 Å². The lowest BCUT2D eigenvalue weighted by molar-refractivity contribution is 0.0720. The molecule has 0 radical (unpaired) electrons. The van der Waals surface area contributed by atoms with Gasteiger partial charge in [0.1, 0.15) is 13.2 Å². The van der Waals surface area contributed by atoms with Crippen LogP contribution in [0.25, 0.3) is 0 Å². The molecule has 1 amide bonds. The standard InChI is InChI=1S/C42H54N2O3/c1-4-7-16-35-21-24-39(25-22-35)42(45)44(30-29-43(27-8-5-2)28-9-6-3)32-38-23-26-40(46-33-36-17-12-10-13-18-36)41(31-38)47-34-37-19-14-11-15-20-37/h10-15,17-26,31H,4-9,16,27-30,32-34H2,1-3H3. The lowest BCUT2D eigenvalue weighted by Crippen LogP contribution is -2.39. The highest BCUT2D eigenvalue weighted by Gasteiger charge is 2.19. The summed E-state index contributed by atoms with van der Waals surface area (Å²) in [6, 6.07) is 34.7. The van der Waals surface area contributed by atoms with E-state index in [4.69, 9.17) is 9.47 Å². The van der Waals surface area contributed by atoms with Gasteiger partial charge in [-0.05, 0) is 85.3 Å². The second-order valence-corrected chi connectivity index (χ2v) is 12.4. The quantitative estimate of drug-likeness (QED) is 0.0915. The Labute approximate surface area is 283 Å². The molecule has 0 aliphatic rings. The number of amides is 1. The Hall–Kier alpha value is -4.09. The van der Waals surface area contributed by atoms with E-state index in [9.17, 15) is 4.79 Å². The Morgan fingerprint density at radius 2 is 1.11 bits per heavy atom. The van der Waals surface area contributed by atoms with Crippen molar-refractivity contribution in [3.63, 3.8) is 0 Å². The number of ether oxygens (including phenoxy) is 2. The number of hydrogen-bond acceptors (Lipinski definition) is 4. The summed E-state index contributed by atoms with van der Waals surface area (Å²) in [6.07, 6.45) is 8.04. The number of carbonyl (C=O) groups is 1. The number of nitrogens with zero attached hydrogens (tertiary/aromatic N) is 2. The fourth-order valence-corrected chi connectivity index (χ4v) is 5.56. The average Bonchev–Trinajstić information content (AvgIpc) is 3.12. The zero-order valence-corrected chi connectivity index (χ0v) is 28.8. The Morgan fingerprint density at radius 3 is 1.68 bits per heavy atom. The first kappa shape index (κ1) is 35.8. The monoisotopic (exact) mass is 634 g/mol. The van der Waals surface area contributed by atoms with Gasteiger partial charge in [0, 0.05) is 25.2 Å². The molecule has 0 aromatic heterocycles. The molecule has 4 aromatic rings. The number of benzene rings is 4. The van der Waals surface area contributed by atoms with Crippen LogP contribution in [0.5, 0.6) is 11.5 Å². The van der Waals surface area contributed by atoms with Gasteiger partial charge in [0.15, 0.2) is 11.5 Å². The molecule has 0 atom stereocenters. The minimum Gasteiger partial charge on any atom is -0.485 e. The van der Waals surface area contributed by atoms with E-state index in [1.165, 1.54) is 31.2 Å². The molecule has 4 rings (SSSR count). The molecule has 0 fully saturated rings. The predicted molar refractivity (Wildman–Crippen MR) is 194 cm³/mol. The van der Waals surface area contributed by atoms with Crippen molar-refractivity contribution in [2.24, 2.45) is 0 Å². The number of hydrogen-bond donors (Lipinski definition) is 0. The number of unbranched alkanes of at least 4 members (excludes halogenated alkanes) is 3. The maximum Gasteiger partial charge on any atom is 0.254 e. The van der Waals surface area contributed by atoms with E-state index in [-0.39, 0.29) is 5.91 Å². The topological polar surface area (TPSA) is 42.0 Å². The van der Waals surface area contributed by atoms with E-state index in [0.717, 1.165) is 61.2 Å². The van der Waals surface area contributed by atoms with Crippen molar-refractivity contribution in [1.82, 2.24) is 9.80 Å². The molecule has 4 aromatic carbocycles.